The number of nitrogens with zero attached hydrogens (tertiary/aromatic N) is 2. The average Bonchev–Trinajstić information content (AvgIpc) is 2.97. The molecule has 3 rings (SSSR count). The van der Waals surface area contributed by atoms with E-state index in [0.717, 1.165) is 29.9 Å². The Hall–Kier alpha value is -1.68. The number of piperidine rings is 1. The van der Waals surface area contributed by atoms with Crippen LogP contribution in [-0.2, 0) is 0 Å². The summed E-state index contributed by atoms with van der Waals surface area (Å²) < 4.78 is 13.5. The van der Waals surface area contributed by atoms with Crippen LogP contribution >= 0.6 is 0 Å². The fraction of sp³-hybridized carbons (Fsp3) is 0.471. The lowest BCUT2D eigenvalue weighted by atomic mass is 9.90. The van der Waals surface area contributed by atoms with Crippen molar-refractivity contribution in [1.29, 1.82) is 0 Å². The fourth-order valence-corrected chi connectivity index (χ4v) is 3.30. The standard InChI is InChI=1S/C17H22FN3/c1-2-8-21-9-4-6-14(12-21)17-16(11-19-20-17)13-5-3-7-15(18)10-13/h3,5,7,10-11,14H,2,4,6,8-9,12H2,1H3,(H,19,20)/t14-/m1/s1. The van der Waals surface area contributed by atoms with Gasteiger partial charge in [-0.3, -0.25) is 5.10 Å². The first-order valence-corrected chi connectivity index (χ1v) is 7.79. The van der Waals surface area contributed by atoms with Gasteiger partial charge < -0.3 is 4.90 Å². The van der Waals surface area contributed by atoms with E-state index in [-0.39, 0.29) is 5.82 Å². The van der Waals surface area contributed by atoms with Crippen molar-refractivity contribution >= 4 is 0 Å². The van der Waals surface area contributed by atoms with Gasteiger partial charge in [0, 0.05) is 23.7 Å². The molecule has 1 atom stereocenters. The Labute approximate surface area is 125 Å². The number of H-pyrrole nitrogens is 1. The lowest BCUT2D eigenvalue weighted by molar-refractivity contribution is 0.207. The Balaban J connectivity index is 1.85. The van der Waals surface area contributed by atoms with E-state index in [1.165, 1.54) is 31.9 Å². The summed E-state index contributed by atoms with van der Waals surface area (Å²) in [6.45, 7) is 5.63. The van der Waals surface area contributed by atoms with Gasteiger partial charge >= 0.3 is 0 Å². The molecular weight excluding hydrogens is 265 g/mol. The molecule has 0 aliphatic carbocycles. The van der Waals surface area contributed by atoms with Gasteiger partial charge in [-0.25, -0.2) is 4.39 Å². The van der Waals surface area contributed by atoms with Crippen LogP contribution in [0.1, 0.15) is 37.8 Å². The highest BCUT2D eigenvalue weighted by molar-refractivity contribution is 5.65. The molecule has 0 radical (unpaired) electrons. The van der Waals surface area contributed by atoms with Crippen LogP contribution in [0.25, 0.3) is 11.1 Å². The first kappa shape index (κ1) is 14.3. The SMILES string of the molecule is CCCN1CCC[C@@H](c2[nH]ncc2-c2cccc(F)c2)C1. The molecular formula is C17H22FN3. The first-order chi connectivity index (χ1) is 10.3. The van der Waals surface area contributed by atoms with E-state index in [0.29, 0.717) is 5.92 Å². The number of halogens is 1. The van der Waals surface area contributed by atoms with Gasteiger partial charge in [0.2, 0.25) is 0 Å². The predicted octanol–water partition coefficient (Wildman–Crippen LogP) is 3.81. The molecule has 112 valence electrons. The smallest absolute Gasteiger partial charge is 0.123 e. The van der Waals surface area contributed by atoms with Gasteiger partial charge in [0.05, 0.1) is 6.20 Å². The molecule has 1 N–H and O–H groups in total. The molecule has 4 heteroatoms. The highest BCUT2D eigenvalue weighted by Gasteiger charge is 2.24. The van der Waals surface area contributed by atoms with E-state index in [1.807, 2.05) is 12.3 Å². The van der Waals surface area contributed by atoms with Crippen molar-refractivity contribution in [3.8, 4) is 11.1 Å². The Morgan fingerprint density at radius 2 is 2.33 bits per heavy atom. The van der Waals surface area contributed by atoms with Crippen LogP contribution in [0.5, 0.6) is 0 Å². The maximum absolute atomic E-state index is 13.5. The third-order valence-corrected chi connectivity index (χ3v) is 4.26. The van der Waals surface area contributed by atoms with E-state index >= 15 is 0 Å². The third kappa shape index (κ3) is 3.16. The number of aromatic nitrogens is 2. The topological polar surface area (TPSA) is 31.9 Å². The normalized spacial score (nSPS) is 19.8. The molecule has 21 heavy (non-hydrogen) atoms. The summed E-state index contributed by atoms with van der Waals surface area (Å²) >= 11 is 0. The maximum atomic E-state index is 13.5. The van der Waals surface area contributed by atoms with Gasteiger partial charge in [-0.05, 0) is 50.0 Å². The second-order valence-corrected chi connectivity index (χ2v) is 5.85. The summed E-state index contributed by atoms with van der Waals surface area (Å²) in [5.41, 5.74) is 3.10. The highest BCUT2D eigenvalue weighted by atomic mass is 19.1. The molecule has 3 nitrogen and oxygen atoms in total. The summed E-state index contributed by atoms with van der Waals surface area (Å²) in [6.07, 6.45) is 5.40. The van der Waals surface area contributed by atoms with E-state index in [4.69, 9.17) is 0 Å². The van der Waals surface area contributed by atoms with Crippen molar-refractivity contribution < 1.29 is 4.39 Å². The van der Waals surface area contributed by atoms with E-state index in [1.54, 1.807) is 12.1 Å². The van der Waals surface area contributed by atoms with Crippen molar-refractivity contribution in [3.05, 3.63) is 42.0 Å². The van der Waals surface area contributed by atoms with Crippen LogP contribution in [0.3, 0.4) is 0 Å². The van der Waals surface area contributed by atoms with Crippen LogP contribution in [0.15, 0.2) is 30.5 Å². The molecule has 1 fully saturated rings. The van der Waals surface area contributed by atoms with Crippen LogP contribution in [0.2, 0.25) is 0 Å². The second-order valence-electron chi connectivity index (χ2n) is 5.85. The lowest BCUT2D eigenvalue weighted by Gasteiger charge is -2.32. The largest absolute Gasteiger partial charge is 0.303 e. The van der Waals surface area contributed by atoms with Gasteiger partial charge in [0.1, 0.15) is 5.82 Å². The summed E-state index contributed by atoms with van der Waals surface area (Å²) in [6, 6.07) is 6.77. The zero-order valence-corrected chi connectivity index (χ0v) is 12.5. The first-order valence-electron chi connectivity index (χ1n) is 7.79. The summed E-state index contributed by atoms with van der Waals surface area (Å²) in [4.78, 5) is 2.52. The summed E-state index contributed by atoms with van der Waals surface area (Å²) in [7, 11) is 0. The lowest BCUT2D eigenvalue weighted by Crippen LogP contribution is -2.35. The number of aromatic amines is 1. The monoisotopic (exact) mass is 287 g/mol. The molecule has 1 saturated heterocycles. The molecule has 1 aliphatic rings. The van der Waals surface area contributed by atoms with Crippen molar-refractivity contribution in [2.45, 2.75) is 32.1 Å². The van der Waals surface area contributed by atoms with Crippen LogP contribution < -0.4 is 0 Å². The van der Waals surface area contributed by atoms with Crippen LogP contribution in [0.4, 0.5) is 4.39 Å². The van der Waals surface area contributed by atoms with Crippen LogP contribution in [-0.4, -0.2) is 34.7 Å². The Kier molecular flexibility index (Phi) is 4.34. The van der Waals surface area contributed by atoms with Crippen molar-refractivity contribution in [2.24, 2.45) is 0 Å². The molecule has 1 aromatic heterocycles. The Morgan fingerprint density at radius 1 is 1.43 bits per heavy atom. The van der Waals surface area contributed by atoms with Crippen molar-refractivity contribution in [1.82, 2.24) is 15.1 Å². The number of rotatable bonds is 4. The van der Waals surface area contributed by atoms with E-state index in [9.17, 15) is 4.39 Å². The van der Waals surface area contributed by atoms with Gasteiger partial charge in [-0.15, -0.1) is 0 Å². The fourth-order valence-electron chi connectivity index (χ4n) is 3.30. The summed E-state index contributed by atoms with van der Waals surface area (Å²) in [5.74, 6) is 0.266. The molecule has 2 aromatic rings. The number of likely N-dealkylation sites (tertiary alicyclic amines) is 1. The number of hydrogen-bond acceptors (Lipinski definition) is 2. The molecule has 0 saturated carbocycles. The van der Waals surface area contributed by atoms with Crippen LogP contribution in [0, 0.1) is 5.82 Å². The number of benzene rings is 1. The van der Waals surface area contributed by atoms with E-state index in [2.05, 4.69) is 22.0 Å². The number of nitrogens with one attached hydrogen (secondary N) is 1. The molecule has 0 amide bonds. The number of hydrogen-bond donors (Lipinski definition) is 1. The van der Waals surface area contributed by atoms with E-state index < -0.39 is 0 Å². The second kappa shape index (κ2) is 6.39. The zero-order chi connectivity index (χ0) is 14.7. The zero-order valence-electron chi connectivity index (χ0n) is 12.5. The average molecular weight is 287 g/mol. The quantitative estimate of drug-likeness (QED) is 0.927. The summed E-state index contributed by atoms with van der Waals surface area (Å²) in [5, 5.41) is 7.37. The van der Waals surface area contributed by atoms with Gasteiger partial charge in [-0.2, -0.15) is 5.10 Å². The van der Waals surface area contributed by atoms with Gasteiger partial charge in [-0.1, -0.05) is 19.1 Å². The molecule has 0 bridgehead atoms. The van der Waals surface area contributed by atoms with Crippen molar-refractivity contribution in [3.63, 3.8) is 0 Å². The third-order valence-electron chi connectivity index (χ3n) is 4.26. The molecule has 0 unspecified atom stereocenters. The molecule has 0 spiro atoms. The van der Waals surface area contributed by atoms with Gasteiger partial charge in [0.25, 0.3) is 0 Å². The molecule has 2 heterocycles. The maximum Gasteiger partial charge on any atom is 0.123 e. The Morgan fingerprint density at radius 3 is 3.14 bits per heavy atom. The molecule has 1 aliphatic heterocycles. The minimum atomic E-state index is -0.198. The van der Waals surface area contributed by atoms with Crippen molar-refractivity contribution in [2.75, 3.05) is 19.6 Å². The predicted molar refractivity (Wildman–Crippen MR) is 82.7 cm³/mol. The minimum absolute atomic E-state index is 0.198. The molecule has 1 aromatic carbocycles. The minimum Gasteiger partial charge on any atom is -0.303 e. The highest BCUT2D eigenvalue weighted by Crippen LogP contribution is 2.33. The van der Waals surface area contributed by atoms with Gasteiger partial charge in [0.15, 0.2) is 0 Å². The Bertz CT molecular complexity index is 591.